The molecule has 36 heavy (non-hydrogen) atoms. The smallest absolute Gasteiger partial charge is 0.246 e. The van der Waals surface area contributed by atoms with Crippen LogP contribution in [0.4, 0.5) is 4.39 Å². The SMILES string of the molecule is COc1ccccc1C1c2[nH]c3ccccc3c2C[C@H]2C(=O)N(CCc3cccc(F)c3)CC(=O)N12. The summed E-state index contributed by atoms with van der Waals surface area (Å²) in [6.07, 6.45) is 0.920. The van der Waals surface area contributed by atoms with Gasteiger partial charge in [0.05, 0.1) is 13.7 Å². The third kappa shape index (κ3) is 3.63. The van der Waals surface area contributed by atoms with Crippen LogP contribution in [0.3, 0.4) is 0 Å². The largest absolute Gasteiger partial charge is 0.496 e. The zero-order valence-electron chi connectivity index (χ0n) is 19.9. The molecule has 1 aromatic heterocycles. The third-order valence-electron chi connectivity index (χ3n) is 7.34. The average molecular weight is 484 g/mol. The molecule has 2 aliphatic rings. The Hall–Kier alpha value is -4.13. The summed E-state index contributed by atoms with van der Waals surface area (Å²) < 4.78 is 19.3. The number of ether oxygens (including phenoxy) is 1. The molecular formula is C29H26FN3O3. The molecular weight excluding hydrogens is 457 g/mol. The second-order valence-corrected chi connectivity index (χ2v) is 9.37. The summed E-state index contributed by atoms with van der Waals surface area (Å²) in [5, 5.41) is 1.06. The molecule has 0 radical (unpaired) electrons. The topological polar surface area (TPSA) is 65.6 Å². The van der Waals surface area contributed by atoms with Crippen molar-refractivity contribution in [2.45, 2.75) is 24.9 Å². The van der Waals surface area contributed by atoms with Crippen LogP contribution in [0.1, 0.15) is 28.4 Å². The first kappa shape index (κ1) is 22.3. The molecule has 2 amide bonds. The zero-order valence-corrected chi connectivity index (χ0v) is 19.9. The van der Waals surface area contributed by atoms with Crippen LogP contribution in [0.2, 0.25) is 0 Å². The van der Waals surface area contributed by atoms with Gasteiger partial charge in [0.2, 0.25) is 11.8 Å². The summed E-state index contributed by atoms with van der Waals surface area (Å²) in [6, 6.07) is 20.9. The Morgan fingerprint density at radius 1 is 1.03 bits per heavy atom. The van der Waals surface area contributed by atoms with Gasteiger partial charge in [-0.15, -0.1) is 0 Å². The monoisotopic (exact) mass is 483 g/mol. The highest BCUT2D eigenvalue weighted by Gasteiger charge is 2.48. The minimum absolute atomic E-state index is 0.00808. The fourth-order valence-electron chi connectivity index (χ4n) is 5.69. The molecule has 2 aliphatic heterocycles. The van der Waals surface area contributed by atoms with E-state index in [4.69, 9.17) is 4.74 Å². The number of aromatic amines is 1. The predicted molar refractivity (Wildman–Crippen MR) is 134 cm³/mol. The third-order valence-corrected chi connectivity index (χ3v) is 7.34. The molecule has 7 heteroatoms. The molecule has 182 valence electrons. The van der Waals surface area contributed by atoms with Crippen molar-refractivity contribution in [2.24, 2.45) is 0 Å². The average Bonchev–Trinajstić information content (AvgIpc) is 3.27. The van der Waals surface area contributed by atoms with E-state index in [9.17, 15) is 14.0 Å². The fourth-order valence-corrected chi connectivity index (χ4v) is 5.69. The maximum atomic E-state index is 13.8. The molecule has 1 fully saturated rings. The number of hydrogen-bond donors (Lipinski definition) is 1. The molecule has 1 saturated heterocycles. The highest BCUT2D eigenvalue weighted by Crippen LogP contribution is 2.44. The van der Waals surface area contributed by atoms with Crippen molar-refractivity contribution in [3.05, 3.63) is 101 Å². The molecule has 0 bridgehead atoms. The van der Waals surface area contributed by atoms with Crippen LogP contribution in [0.25, 0.3) is 10.9 Å². The lowest BCUT2D eigenvalue weighted by molar-refractivity contribution is -0.158. The normalized spacial score (nSPS) is 19.4. The van der Waals surface area contributed by atoms with Gasteiger partial charge in [0.1, 0.15) is 23.7 Å². The number of fused-ring (bicyclic) bond motifs is 4. The number of carbonyl (C=O) groups is 2. The molecule has 6 nitrogen and oxygen atoms in total. The minimum Gasteiger partial charge on any atom is -0.496 e. The number of H-pyrrole nitrogens is 1. The van der Waals surface area contributed by atoms with Gasteiger partial charge in [0.15, 0.2) is 0 Å². The van der Waals surface area contributed by atoms with E-state index in [-0.39, 0.29) is 24.2 Å². The van der Waals surface area contributed by atoms with Gasteiger partial charge < -0.3 is 19.5 Å². The Morgan fingerprint density at radius 3 is 2.67 bits per heavy atom. The highest BCUT2D eigenvalue weighted by molar-refractivity contribution is 5.97. The van der Waals surface area contributed by atoms with Crippen LogP contribution >= 0.6 is 0 Å². The number of halogens is 1. The van der Waals surface area contributed by atoms with Crippen LogP contribution in [-0.2, 0) is 22.4 Å². The van der Waals surface area contributed by atoms with Crippen molar-refractivity contribution in [1.82, 2.24) is 14.8 Å². The first-order valence-corrected chi connectivity index (χ1v) is 12.1. The van der Waals surface area contributed by atoms with Crippen molar-refractivity contribution >= 4 is 22.7 Å². The Bertz CT molecular complexity index is 1480. The van der Waals surface area contributed by atoms with Crippen molar-refractivity contribution in [3.63, 3.8) is 0 Å². The Balaban J connectivity index is 1.41. The minimum atomic E-state index is -0.625. The van der Waals surface area contributed by atoms with Crippen molar-refractivity contribution < 1.29 is 18.7 Å². The molecule has 0 saturated carbocycles. The van der Waals surface area contributed by atoms with Gasteiger partial charge in [0, 0.05) is 35.1 Å². The lowest BCUT2D eigenvalue weighted by Gasteiger charge is -2.47. The van der Waals surface area contributed by atoms with Crippen LogP contribution in [-0.4, -0.2) is 52.8 Å². The maximum absolute atomic E-state index is 13.8. The number of nitrogens with zero attached hydrogens (tertiary/aromatic N) is 2. The van der Waals surface area contributed by atoms with E-state index in [0.29, 0.717) is 25.1 Å². The van der Waals surface area contributed by atoms with Gasteiger partial charge in [-0.25, -0.2) is 4.39 Å². The van der Waals surface area contributed by atoms with Gasteiger partial charge in [0.25, 0.3) is 0 Å². The van der Waals surface area contributed by atoms with E-state index in [1.165, 1.54) is 12.1 Å². The van der Waals surface area contributed by atoms with E-state index in [0.717, 1.165) is 33.3 Å². The number of methoxy groups -OCH3 is 1. The lowest BCUT2D eigenvalue weighted by Crippen LogP contribution is -2.63. The van der Waals surface area contributed by atoms with Gasteiger partial charge in [-0.3, -0.25) is 9.59 Å². The van der Waals surface area contributed by atoms with Crippen molar-refractivity contribution in [2.75, 3.05) is 20.2 Å². The maximum Gasteiger partial charge on any atom is 0.246 e. The Kier molecular flexibility index (Phi) is 5.48. The summed E-state index contributed by atoms with van der Waals surface area (Å²) in [5.41, 5.74) is 4.59. The molecule has 6 rings (SSSR count). The highest BCUT2D eigenvalue weighted by atomic mass is 19.1. The molecule has 3 heterocycles. The van der Waals surface area contributed by atoms with Crippen molar-refractivity contribution in [3.8, 4) is 5.75 Å². The van der Waals surface area contributed by atoms with E-state index >= 15 is 0 Å². The second-order valence-electron chi connectivity index (χ2n) is 9.37. The fraction of sp³-hybridized carbons (Fsp3) is 0.241. The number of amides is 2. The summed E-state index contributed by atoms with van der Waals surface area (Å²) in [4.78, 5) is 34.4. The number of benzene rings is 3. The van der Waals surface area contributed by atoms with E-state index in [1.807, 2.05) is 48.5 Å². The van der Waals surface area contributed by atoms with Crippen molar-refractivity contribution in [1.29, 1.82) is 0 Å². The van der Waals surface area contributed by atoms with E-state index in [2.05, 4.69) is 11.1 Å². The first-order chi connectivity index (χ1) is 17.5. The number of nitrogens with one attached hydrogen (secondary N) is 1. The lowest BCUT2D eigenvalue weighted by atomic mass is 9.86. The number of hydrogen-bond acceptors (Lipinski definition) is 3. The van der Waals surface area contributed by atoms with Gasteiger partial charge in [-0.2, -0.15) is 0 Å². The quantitative estimate of drug-likeness (QED) is 0.462. The van der Waals surface area contributed by atoms with Gasteiger partial charge >= 0.3 is 0 Å². The number of aromatic nitrogens is 1. The summed E-state index contributed by atoms with van der Waals surface area (Å²) in [5.74, 6) is 0.168. The van der Waals surface area contributed by atoms with Gasteiger partial charge in [-0.05, 0) is 41.8 Å². The van der Waals surface area contributed by atoms with Crippen LogP contribution in [0, 0.1) is 5.82 Å². The molecule has 4 aromatic rings. The second kappa shape index (κ2) is 8.82. The van der Waals surface area contributed by atoms with Crippen LogP contribution in [0.5, 0.6) is 5.75 Å². The zero-order chi connectivity index (χ0) is 24.8. The Labute approximate surface area is 208 Å². The summed E-state index contributed by atoms with van der Waals surface area (Å²) in [6.45, 7) is 0.351. The molecule has 0 aliphatic carbocycles. The Morgan fingerprint density at radius 2 is 1.83 bits per heavy atom. The van der Waals surface area contributed by atoms with E-state index < -0.39 is 12.1 Å². The number of rotatable bonds is 5. The van der Waals surface area contributed by atoms with Crippen LogP contribution < -0.4 is 4.74 Å². The van der Waals surface area contributed by atoms with Gasteiger partial charge in [-0.1, -0.05) is 48.5 Å². The molecule has 0 spiro atoms. The predicted octanol–water partition coefficient (Wildman–Crippen LogP) is 4.24. The first-order valence-electron chi connectivity index (χ1n) is 12.1. The number of carbonyl (C=O) groups excluding carboxylic acids is 2. The standard InChI is InChI=1S/C29H26FN3O3/c1-36-25-12-5-3-10-21(25)28-27-22(20-9-2-4-11-23(20)31-27)16-24-29(35)32(17-26(34)33(24)28)14-13-18-7-6-8-19(30)15-18/h2-12,15,24,28,31H,13-14,16-17H2,1H3/t24-,28?/m0/s1. The number of piperazine rings is 1. The molecule has 2 atom stereocenters. The van der Waals surface area contributed by atoms with E-state index in [1.54, 1.807) is 23.0 Å². The molecule has 3 aromatic carbocycles. The summed E-state index contributed by atoms with van der Waals surface area (Å²) >= 11 is 0. The summed E-state index contributed by atoms with van der Waals surface area (Å²) in [7, 11) is 1.61. The van der Waals surface area contributed by atoms with Crippen LogP contribution in [0.15, 0.2) is 72.8 Å². The number of para-hydroxylation sites is 2. The molecule has 1 unspecified atom stereocenters. The molecule has 1 N–H and O–H groups in total.